The molecular weight excluding hydrogens is 226 g/mol. The minimum Gasteiger partial charge on any atom is -0.381 e. The number of fused-ring (bicyclic) bond motifs is 1. The first-order valence-corrected chi connectivity index (χ1v) is 6.32. The topological polar surface area (TPSA) is 60.2 Å². The quantitative estimate of drug-likeness (QED) is 0.628. The minimum absolute atomic E-state index is 0.439. The Labute approximate surface area is 106 Å². The largest absolute Gasteiger partial charge is 0.381 e. The van der Waals surface area contributed by atoms with Crippen molar-refractivity contribution in [1.29, 1.82) is 0 Å². The van der Waals surface area contributed by atoms with Crippen LogP contribution in [0.2, 0.25) is 0 Å². The van der Waals surface area contributed by atoms with Gasteiger partial charge in [0.05, 0.1) is 16.9 Å². The van der Waals surface area contributed by atoms with Crippen LogP contribution in [0.5, 0.6) is 0 Å². The molecule has 1 aromatic carbocycles. The molecule has 2 aromatic rings. The number of benzene rings is 1. The normalized spacial score (nSPS) is 16.9. The summed E-state index contributed by atoms with van der Waals surface area (Å²) in [5.74, 6) is 6.07. The maximum atomic E-state index is 5.63. The second-order valence-corrected chi connectivity index (χ2v) is 4.64. The van der Waals surface area contributed by atoms with Gasteiger partial charge in [0, 0.05) is 24.5 Å². The SMILES string of the molecule is NNc1cc2ccccc2nc1C1CCOCC1. The van der Waals surface area contributed by atoms with Gasteiger partial charge in [0.1, 0.15) is 0 Å². The van der Waals surface area contributed by atoms with Gasteiger partial charge in [0.2, 0.25) is 0 Å². The smallest absolute Gasteiger partial charge is 0.0711 e. The number of nitrogens with two attached hydrogens (primary N) is 1. The minimum atomic E-state index is 0.439. The molecule has 18 heavy (non-hydrogen) atoms. The van der Waals surface area contributed by atoms with E-state index in [2.05, 4.69) is 17.6 Å². The van der Waals surface area contributed by atoms with E-state index in [0.717, 1.165) is 48.3 Å². The van der Waals surface area contributed by atoms with Crippen LogP contribution < -0.4 is 11.3 Å². The van der Waals surface area contributed by atoms with Crippen molar-refractivity contribution in [2.45, 2.75) is 18.8 Å². The Morgan fingerprint density at radius 2 is 2.00 bits per heavy atom. The lowest BCUT2D eigenvalue weighted by molar-refractivity contribution is 0.0847. The van der Waals surface area contributed by atoms with Crippen molar-refractivity contribution >= 4 is 16.6 Å². The highest BCUT2D eigenvalue weighted by molar-refractivity contribution is 5.82. The van der Waals surface area contributed by atoms with E-state index in [1.165, 1.54) is 0 Å². The first-order chi connectivity index (χ1) is 8.88. The second kappa shape index (κ2) is 4.92. The van der Waals surface area contributed by atoms with Gasteiger partial charge >= 0.3 is 0 Å². The summed E-state index contributed by atoms with van der Waals surface area (Å²) < 4.78 is 5.40. The van der Waals surface area contributed by atoms with Crippen LogP contribution in [0.4, 0.5) is 5.69 Å². The number of anilines is 1. The lowest BCUT2D eigenvalue weighted by Crippen LogP contribution is -2.18. The molecule has 0 aliphatic carbocycles. The van der Waals surface area contributed by atoms with Gasteiger partial charge in [-0.1, -0.05) is 18.2 Å². The summed E-state index contributed by atoms with van der Waals surface area (Å²) in [7, 11) is 0. The van der Waals surface area contributed by atoms with Crippen LogP contribution in [-0.2, 0) is 4.74 Å². The molecule has 0 atom stereocenters. The van der Waals surface area contributed by atoms with Crippen molar-refractivity contribution in [3.63, 3.8) is 0 Å². The lowest BCUT2D eigenvalue weighted by Gasteiger charge is -2.23. The van der Waals surface area contributed by atoms with E-state index in [1.54, 1.807) is 0 Å². The molecule has 4 nitrogen and oxygen atoms in total. The summed E-state index contributed by atoms with van der Waals surface area (Å²) in [4.78, 5) is 4.77. The highest BCUT2D eigenvalue weighted by atomic mass is 16.5. The third kappa shape index (κ3) is 2.05. The van der Waals surface area contributed by atoms with E-state index < -0.39 is 0 Å². The Kier molecular flexibility index (Phi) is 3.13. The molecule has 0 radical (unpaired) electrons. The summed E-state index contributed by atoms with van der Waals surface area (Å²) in [6, 6.07) is 10.2. The Bertz CT molecular complexity index is 550. The number of nitrogens with zero attached hydrogens (tertiary/aromatic N) is 1. The number of para-hydroxylation sites is 1. The van der Waals surface area contributed by atoms with Gasteiger partial charge in [0.15, 0.2) is 0 Å². The first kappa shape index (κ1) is 11.4. The molecule has 0 spiro atoms. The Morgan fingerprint density at radius 1 is 1.22 bits per heavy atom. The van der Waals surface area contributed by atoms with Gasteiger partial charge in [0.25, 0.3) is 0 Å². The van der Waals surface area contributed by atoms with Crippen molar-refractivity contribution in [2.75, 3.05) is 18.6 Å². The number of hydrogen-bond donors (Lipinski definition) is 2. The van der Waals surface area contributed by atoms with Crippen LogP contribution in [-0.4, -0.2) is 18.2 Å². The van der Waals surface area contributed by atoms with Crippen LogP contribution in [0, 0.1) is 0 Å². The molecule has 2 heterocycles. The van der Waals surface area contributed by atoms with E-state index in [0.29, 0.717) is 5.92 Å². The Balaban J connectivity index is 2.08. The summed E-state index contributed by atoms with van der Waals surface area (Å²) in [5.41, 5.74) is 5.81. The molecule has 1 saturated heterocycles. The summed E-state index contributed by atoms with van der Waals surface area (Å²) in [6.07, 6.45) is 2.03. The Hall–Kier alpha value is -1.65. The zero-order valence-corrected chi connectivity index (χ0v) is 10.2. The van der Waals surface area contributed by atoms with Crippen LogP contribution in [0.3, 0.4) is 0 Å². The first-order valence-electron chi connectivity index (χ1n) is 6.32. The van der Waals surface area contributed by atoms with Gasteiger partial charge in [-0.2, -0.15) is 0 Å². The van der Waals surface area contributed by atoms with Crippen molar-refractivity contribution in [2.24, 2.45) is 5.84 Å². The van der Waals surface area contributed by atoms with Crippen molar-refractivity contribution in [1.82, 2.24) is 4.98 Å². The fraction of sp³-hybridized carbons (Fsp3) is 0.357. The lowest BCUT2D eigenvalue weighted by atomic mass is 9.94. The summed E-state index contributed by atoms with van der Waals surface area (Å²) in [5, 5.41) is 1.11. The number of nitrogen functional groups attached to an aromatic ring is 1. The third-order valence-corrected chi connectivity index (χ3v) is 3.52. The predicted molar refractivity (Wildman–Crippen MR) is 72.3 cm³/mol. The number of nitrogens with one attached hydrogen (secondary N) is 1. The van der Waals surface area contributed by atoms with Crippen molar-refractivity contribution < 1.29 is 4.74 Å². The number of ether oxygens (including phenoxy) is 1. The number of hydrogen-bond acceptors (Lipinski definition) is 4. The molecule has 94 valence electrons. The molecule has 1 aliphatic rings. The van der Waals surface area contributed by atoms with E-state index >= 15 is 0 Å². The highest BCUT2D eigenvalue weighted by Crippen LogP contribution is 2.32. The van der Waals surface area contributed by atoms with Crippen LogP contribution in [0.15, 0.2) is 30.3 Å². The van der Waals surface area contributed by atoms with Crippen LogP contribution in [0.25, 0.3) is 10.9 Å². The number of aromatic nitrogens is 1. The van der Waals surface area contributed by atoms with E-state index in [4.69, 9.17) is 15.6 Å². The second-order valence-electron chi connectivity index (χ2n) is 4.64. The zero-order valence-electron chi connectivity index (χ0n) is 10.2. The van der Waals surface area contributed by atoms with Gasteiger partial charge in [-0.15, -0.1) is 0 Å². The zero-order chi connectivity index (χ0) is 12.4. The van der Waals surface area contributed by atoms with Gasteiger partial charge in [-0.25, -0.2) is 0 Å². The average molecular weight is 243 g/mol. The molecule has 0 saturated carbocycles. The molecular formula is C14H17N3O. The van der Waals surface area contributed by atoms with Gasteiger partial charge in [-0.05, 0) is 25.0 Å². The molecule has 0 bridgehead atoms. The van der Waals surface area contributed by atoms with Gasteiger partial charge < -0.3 is 10.2 Å². The molecule has 3 rings (SSSR count). The summed E-state index contributed by atoms with van der Waals surface area (Å²) >= 11 is 0. The fourth-order valence-electron chi connectivity index (χ4n) is 2.53. The molecule has 0 unspecified atom stereocenters. The van der Waals surface area contributed by atoms with Crippen LogP contribution in [0.1, 0.15) is 24.5 Å². The molecule has 1 aliphatic heterocycles. The average Bonchev–Trinajstić information content (AvgIpc) is 2.46. The third-order valence-electron chi connectivity index (χ3n) is 3.52. The van der Waals surface area contributed by atoms with E-state index in [9.17, 15) is 0 Å². The van der Waals surface area contributed by atoms with E-state index in [1.807, 2.05) is 18.2 Å². The van der Waals surface area contributed by atoms with Gasteiger partial charge in [-0.3, -0.25) is 10.8 Å². The fourth-order valence-corrected chi connectivity index (χ4v) is 2.53. The monoisotopic (exact) mass is 243 g/mol. The summed E-state index contributed by atoms with van der Waals surface area (Å²) in [6.45, 7) is 1.62. The van der Waals surface area contributed by atoms with Crippen molar-refractivity contribution in [3.05, 3.63) is 36.0 Å². The molecule has 0 amide bonds. The molecule has 1 fully saturated rings. The molecule has 4 heteroatoms. The predicted octanol–water partition coefficient (Wildman–Crippen LogP) is 2.41. The number of rotatable bonds is 2. The molecule has 3 N–H and O–H groups in total. The van der Waals surface area contributed by atoms with Crippen molar-refractivity contribution in [3.8, 4) is 0 Å². The maximum absolute atomic E-state index is 5.63. The van der Waals surface area contributed by atoms with Crippen LogP contribution >= 0.6 is 0 Å². The van der Waals surface area contributed by atoms with E-state index in [-0.39, 0.29) is 0 Å². The number of hydrazine groups is 1. The highest BCUT2D eigenvalue weighted by Gasteiger charge is 2.20. The standard InChI is InChI=1S/C14H17N3O/c15-17-13-9-11-3-1-2-4-12(11)16-14(13)10-5-7-18-8-6-10/h1-4,9-10,17H,5-8,15H2. The maximum Gasteiger partial charge on any atom is 0.0711 e. The molecule has 1 aromatic heterocycles. The number of pyridine rings is 1. The Morgan fingerprint density at radius 3 is 2.78 bits per heavy atom.